The summed E-state index contributed by atoms with van der Waals surface area (Å²) in [5.41, 5.74) is 1.40. The van der Waals surface area contributed by atoms with Gasteiger partial charge >= 0.3 is 0 Å². The van der Waals surface area contributed by atoms with Crippen LogP contribution in [-0.4, -0.2) is 79.8 Å². The lowest BCUT2D eigenvalue weighted by molar-refractivity contribution is -0.135. The fraction of sp³-hybridized carbons (Fsp3) is 0.400. The first-order valence-electron chi connectivity index (χ1n) is 13.9. The molecule has 3 unspecified atom stereocenters. The number of halogens is 2. The van der Waals surface area contributed by atoms with Crippen molar-refractivity contribution in [3.8, 4) is 11.8 Å². The Bertz CT molecular complexity index is 1620. The third-order valence-electron chi connectivity index (χ3n) is 8.17. The predicted octanol–water partition coefficient (Wildman–Crippen LogP) is 3.99. The quantitative estimate of drug-likeness (QED) is 0.403. The van der Waals surface area contributed by atoms with Crippen molar-refractivity contribution in [3.05, 3.63) is 82.3 Å². The van der Waals surface area contributed by atoms with Crippen molar-refractivity contribution in [2.45, 2.75) is 24.8 Å². The van der Waals surface area contributed by atoms with Gasteiger partial charge in [-0.05, 0) is 54.3 Å². The third kappa shape index (κ3) is 6.74. The van der Waals surface area contributed by atoms with Crippen molar-refractivity contribution in [2.75, 3.05) is 51.0 Å². The molecule has 0 saturated carbocycles. The van der Waals surface area contributed by atoms with Crippen LogP contribution >= 0.6 is 11.6 Å². The monoisotopic (exact) mass is 626 g/mol. The van der Waals surface area contributed by atoms with Crippen LogP contribution in [0.4, 0.5) is 10.2 Å². The lowest BCUT2D eigenvalue weighted by Gasteiger charge is -2.37. The summed E-state index contributed by atoms with van der Waals surface area (Å²) in [6.07, 6.45) is 2.27. The Labute approximate surface area is 255 Å². The van der Waals surface area contributed by atoms with Gasteiger partial charge < -0.3 is 14.5 Å². The van der Waals surface area contributed by atoms with Crippen LogP contribution in [0, 0.1) is 23.1 Å². The maximum Gasteiger partial charge on any atom is 0.228 e. The molecular weight excluding hydrogens is 595 g/mol. The van der Waals surface area contributed by atoms with Gasteiger partial charge in [0.15, 0.2) is 11.5 Å². The first kappa shape index (κ1) is 30.7. The summed E-state index contributed by atoms with van der Waals surface area (Å²) in [5.74, 6) is -0.932. The number of sulfonamides is 1. The van der Waals surface area contributed by atoms with Gasteiger partial charge in [-0.25, -0.2) is 12.8 Å². The number of methoxy groups -OCH3 is 1. The summed E-state index contributed by atoms with van der Waals surface area (Å²) in [6, 6.07) is 16.6. The van der Waals surface area contributed by atoms with Crippen molar-refractivity contribution >= 4 is 33.3 Å². The van der Waals surface area contributed by atoms with E-state index in [0.717, 1.165) is 5.56 Å². The highest BCUT2D eigenvalue weighted by atomic mass is 35.5. The zero-order valence-corrected chi connectivity index (χ0v) is 25.4. The molecule has 2 aliphatic heterocycles. The number of ether oxygens (including phenoxy) is 1. The van der Waals surface area contributed by atoms with E-state index in [-0.39, 0.29) is 37.3 Å². The molecule has 0 aliphatic carbocycles. The molecule has 2 saturated heterocycles. The normalized spacial score (nSPS) is 21.6. The number of nitrogens with zero attached hydrogens (tertiary/aromatic N) is 6. The zero-order chi connectivity index (χ0) is 30.7. The Morgan fingerprint density at radius 1 is 1.07 bits per heavy atom. The SMILES string of the molecule is COc1ccc(C2CN(c3ccc(C#N)nn3)CC2C(=O)N2CCCC(c3ccc(Cl)cc3)N(S(C)(=O)=O)CC2)c(F)c1. The smallest absolute Gasteiger partial charge is 0.228 e. The molecule has 2 aliphatic rings. The molecule has 43 heavy (non-hydrogen) atoms. The van der Waals surface area contributed by atoms with E-state index in [1.165, 1.54) is 23.7 Å². The largest absolute Gasteiger partial charge is 0.497 e. The number of aromatic nitrogens is 2. The van der Waals surface area contributed by atoms with Gasteiger partial charge in [0.05, 0.1) is 19.3 Å². The minimum Gasteiger partial charge on any atom is -0.497 e. The number of carbonyl (C=O) groups is 1. The molecule has 5 rings (SSSR count). The van der Waals surface area contributed by atoms with Crippen LogP contribution in [0.3, 0.4) is 0 Å². The molecule has 1 amide bonds. The van der Waals surface area contributed by atoms with E-state index in [4.69, 9.17) is 21.6 Å². The third-order valence-corrected chi connectivity index (χ3v) is 9.71. The van der Waals surface area contributed by atoms with Crippen molar-refractivity contribution in [3.63, 3.8) is 0 Å². The van der Waals surface area contributed by atoms with Gasteiger partial charge in [0, 0.05) is 55.8 Å². The number of amides is 1. The van der Waals surface area contributed by atoms with Crippen LogP contribution in [0.5, 0.6) is 5.75 Å². The number of rotatable bonds is 6. The minimum absolute atomic E-state index is 0.122. The van der Waals surface area contributed by atoms with Crippen LogP contribution < -0.4 is 9.64 Å². The van der Waals surface area contributed by atoms with Gasteiger partial charge in [-0.2, -0.15) is 9.57 Å². The second-order valence-electron chi connectivity index (χ2n) is 10.8. The molecule has 226 valence electrons. The molecule has 3 atom stereocenters. The molecule has 2 aromatic carbocycles. The van der Waals surface area contributed by atoms with Gasteiger partial charge in [-0.1, -0.05) is 29.8 Å². The van der Waals surface area contributed by atoms with Gasteiger partial charge in [0.25, 0.3) is 0 Å². The van der Waals surface area contributed by atoms with Crippen LogP contribution in [0.15, 0.2) is 54.6 Å². The summed E-state index contributed by atoms with van der Waals surface area (Å²) in [7, 11) is -2.14. The van der Waals surface area contributed by atoms with Gasteiger partial charge in [-0.15, -0.1) is 10.2 Å². The molecule has 1 aromatic heterocycles. The Morgan fingerprint density at radius 2 is 1.84 bits per heavy atom. The van der Waals surface area contributed by atoms with Gasteiger partial charge in [-0.3, -0.25) is 4.79 Å². The van der Waals surface area contributed by atoms with E-state index in [1.807, 2.05) is 23.1 Å². The lowest BCUT2D eigenvalue weighted by atomic mass is 9.87. The molecule has 0 radical (unpaired) electrons. The first-order chi connectivity index (χ1) is 20.6. The zero-order valence-electron chi connectivity index (χ0n) is 23.9. The molecule has 0 bridgehead atoms. The lowest BCUT2D eigenvalue weighted by Crippen LogP contribution is -2.47. The topological polar surface area (TPSA) is 120 Å². The van der Waals surface area contributed by atoms with Crippen molar-refractivity contribution in [1.82, 2.24) is 19.4 Å². The predicted molar refractivity (Wildman–Crippen MR) is 160 cm³/mol. The Balaban J connectivity index is 1.42. The molecule has 0 spiro atoms. The number of hydrogen-bond donors (Lipinski definition) is 0. The highest BCUT2D eigenvalue weighted by molar-refractivity contribution is 7.88. The van der Waals surface area contributed by atoms with E-state index < -0.39 is 27.7 Å². The van der Waals surface area contributed by atoms with E-state index in [0.29, 0.717) is 48.1 Å². The van der Waals surface area contributed by atoms with E-state index >= 15 is 4.39 Å². The van der Waals surface area contributed by atoms with Crippen LogP contribution in [-0.2, 0) is 14.8 Å². The van der Waals surface area contributed by atoms with E-state index in [2.05, 4.69) is 10.2 Å². The fourth-order valence-electron chi connectivity index (χ4n) is 6.02. The average molecular weight is 627 g/mol. The summed E-state index contributed by atoms with van der Waals surface area (Å²) >= 11 is 6.07. The summed E-state index contributed by atoms with van der Waals surface area (Å²) in [5, 5.41) is 17.8. The highest BCUT2D eigenvalue weighted by Crippen LogP contribution is 2.38. The second-order valence-corrected chi connectivity index (χ2v) is 13.2. The van der Waals surface area contributed by atoms with Crippen molar-refractivity contribution < 1.29 is 22.3 Å². The Kier molecular flexibility index (Phi) is 9.15. The molecule has 13 heteroatoms. The molecule has 0 N–H and O–H groups in total. The number of hydrogen-bond acceptors (Lipinski definition) is 8. The standard InChI is InChI=1S/C30H32ClFN6O4S/c1-42-23-10-11-24(27(32)16-23)25-18-37(29-12-9-22(17-33)34-35-29)19-26(25)30(39)36-13-3-4-28(20-5-7-21(31)8-6-20)38(15-14-36)43(2,40)41/h5-12,16,25-26,28H,3-4,13-15,18-19H2,1-2H3. The molecular formula is C30H32ClFN6O4S. The Morgan fingerprint density at radius 3 is 2.47 bits per heavy atom. The molecule has 10 nitrogen and oxygen atoms in total. The van der Waals surface area contributed by atoms with Crippen molar-refractivity contribution in [2.24, 2.45) is 5.92 Å². The van der Waals surface area contributed by atoms with E-state index in [1.54, 1.807) is 41.3 Å². The second kappa shape index (κ2) is 12.8. The average Bonchev–Trinajstić information content (AvgIpc) is 3.42. The van der Waals surface area contributed by atoms with Gasteiger partial charge in [0.2, 0.25) is 15.9 Å². The van der Waals surface area contributed by atoms with Crippen LogP contribution in [0.25, 0.3) is 0 Å². The Hall–Kier alpha value is -3.79. The maximum absolute atomic E-state index is 15.4. The first-order valence-corrected chi connectivity index (χ1v) is 16.1. The number of carbonyl (C=O) groups excluding carboxylic acids is 1. The number of anilines is 1. The summed E-state index contributed by atoms with van der Waals surface area (Å²) in [4.78, 5) is 17.8. The highest BCUT2D eigenvalue weighted by Gasteiger charge is 2.43. The number of benzene rings is 2. The van der Waals surface area contributed by atoms with E-state index in [9.17, 15) is 13.2 Å². The van der Waals surface area contributed by atoms with Crippen LogP contribution in [0.1, 0.15) is 41.6 Å². The summed E-state index contributed by atoms with van der Waals surface area (Å²) in [6.45, 7) is 1.32. The fourth-order valence-corrected chi connectivity index (χ4v) is 7.25. The van der Waals surface area contributed by atoms with Gasteiger partial charge in [0.1, 0.15) is 17.6 Å². The van der Waals surface area contributed by atoms with Crippen molar-refractivity contribution in [1.29, 1.82) is 5.26 Å². The molecule has 2 fully saturated rings. The minimum atomic E-state index is -3.60. The molecule has 3 heterocycles. The maximum atomic E-state index is 15.4. The number of nitriles is 1. The van der Waals surface area contributed by atoms with Crippen LogP contribution in [0.2, 0.25) is 5.02 Å². The summed E-state index contributed by atoms with van der Waals surface area (Å²) < 4.78 is 47.8. The molecule has 3 aromatic rings.